The van der Waals surface area contributed by atoms with Crippen molar-refractivity contribution in [3.63, 3.8) is 0 Å². The average Bonchev–Trinajstić information content (AvgIpc) is 2.81. The number of hydrogen-bond acceptors (Lipinski definition) is 3. The minimum absolute atomic E-state index is 0.136. The summed E-state index contributed by atoms with van der Waals surface area (Å²) in [6.07, 6.45) is 3.42. The lowest BCUT2D eigenvalue weighted by Crippen LogP contribution is -2.41. The first kappa shape index (κ1) is 23.3. The first-order valence-electron chi connectivity index (χ1n) is 11.5. The summed E-state index contributed by atoms with van der Waals surface area (Å²) in [7, 11) is 1.82. The van der Waals surface area contributed by atoms with E-state index in [4.69, 9.17) is 9.47 Å². The summed E-state index contributed by atoms with van der Waals surface area (Å²) in [5.41, 5.74) is 5.00. The van der Waals surface area contributed by atoms with Crippen LogP contribution in [0, 0.1) is 12.8 Å². The summed E-state index contributed by atoms with van der Waals surface area (Å²) in [6, 6.07) is 17.1. The Hall–Kier alpha value is -2.37. The second kappa shape index (κ2) is 12.5. The van der Waals surface area contributed by atoms with Crippen LogP contribution in [0.4, 0.5) is 0 Å². The Morgan fingerprint density at radius 2 is 1.87 bits per heavy atom. The first-order valence-corrected chi connectivity index (χ1v) is 11.5. The van der Waals surface area contributed by atoms with Crippen LogP contribution in [0.2, 0.25) is 0 Å². The van der Waals surface area contributed by atoms with E-state index in [0.717, 1.165) is 45.0 Å². The van der Waals surface area contributed by atoms with Gasteiger partial charge in [-0.1, -0.05) is 61.0 Å². The SMILES string of the molecule is CCCOCc1ccccc1CNC(=NC)NCC1CCCOC1c1ccc(C)cc1. The van der Waals surface area contributed by atoms with Crippen LogP contribution in [-0.4, -0.2) is 32.8 Å². The molecule has 0 aromatic heterocycles. The molecule has 0 amide bonds. The molecule has 0 radical (unpaired) electrons. The lowest BCUT2D eigenvalue weighted by Gasteiger charge is -2.32. The summed E-state index contributed by atoms with van der Waals surface area (Å²) in [6.45, 7) is 8.07. The molecular formula is C26H37N3O2. The zero-order valence-electron chi connectivity index (χ0n) is 19.2. The normalized spacial score (nSPS) is 19.3. The van der Waals surface area contributed by atoms with Crippen LogP contribution in [0.1, 0.15) is 54.5 Å². The fourth-order valence-corrected chi connectivity index (χ4v) is 4.00. The number of ether oxygens (including phenoxy) is 2. The molecule has 5 heteroatoms. The smallest absolute Gasteiger partial charge is 0.191 e. The van der Waals surface area contributed by atoms with Gasteiger partial charge in [-0.3, -0.25) is 4.99 Å². The topological polar surface area (TPSA) is 54.9 Å². The Morgan fingerprint density at radius 1 is 1.10 bits per heavy atom. The number of rotatable bonds is 9. The summed E-state index contributed by atoms with van der Waals surface area (Å²) in [5, 5.41) is 6.98. The van der Waals surface area contributed by atoms with E-state index in [-0.39, 0.29) is 6.10 Å². The summed E-state index contributed by atoms with van der Waals surface area (Å²) in [5.74, 6) is 1.24. The Morgan fingerprint density at radius 3 is 2.61 bits per heavy atom. The van der Waals surface area contributed by atoms with E-state index in [2.05, 4.69) is 78.0 Å². The van der Waals surface area contributed by atoms with Gasteiger partial charge in [0, 0.05) is 39.3 Å². The molecule has 3 rings (SSSR count). The predicted octanol–water partition coefficient (Wildman–Crippen LogP) is 4.75. The van der Waals surface area contributed by atoms with E-state index < -0.39 is 0 Å². The molecule has 31 heavy (non-hydrogen) atoms. The van der Waals surface area contributed by atoms with Crippen molar-refractivity contribution in [3.8, 4) is 0 Å². The van der Waals surface area contributed by atoms with Crippen molar-refractivity contribution < 1.29 is 9.47 Å². The number of nitrogens with one attached hydrogen (secondary N) is 2. The number of guanidine groups is 1. The predicted molar refractivity (Wildman–Crippen MR) is 127 cm³/mol. The Balaban J connectivity index is 1.55. The van der Waals surface area contributed by atoms with E-state index in [1.165, 1.54) is 22.3 Å². The highest BCUT2D eigenvalue weighted by Crippen LogP contribution is 2.33. The molecule has 1 fully saturated rings. The molecule has 5 nitrogen and oxygen atoms in total. The fraction of sp³-hybridized carbons (Fsp3) is 0.500. The second-order valence-corrected chi connectivity index (χ2v) is 8.23. The average molecular weight is 424 g/mol. The maximum atomic E-state index is 6.16. The zero-order chi connectivity index (χ0) is 21.9. The summed E-state index contributed by atoms with van der Waals surface area (Å²) in [4.78, 5) is 4.42. The van der Waals surface area contributed by atoms with Crippen LogP contribution in [0.15, 0.2) is 53.5 Å². The molecule has 0 saturated carbocycles. The fourth-order valence-electron chi connectivity index (χ4n) is 4.00. The van der Waals surface area contributed by atoms with Crippen LogP contribution in [-0.2, 0) is 22.6 Å². The van der Waals surface area contributed by atoms with Crippen LogP contribution >= 0.6 is 0 Å². The largest absolute Gasteiger partial charge is 0.377 e. The van der Waals surface area contributed by atoms with Gasteiger partial charge in [-0.25, -0.2) is 0 Å². The van der Waals surface area contributed by atoms with Gasteiger partial charge in [0.25, 0.3) is 0 Å². The van der Waals surface area contributed by atoms with Gasteiger partial charge in [-0.2, -0.15) is 0 Å². The maximum absolute atomic E-state index is 6.16. The number of nitrogens with zero attached hydrogens (tertiary/aromatic N) is 1. The van der Waals surface area contributed by atoms with Crippen molar-refractivity contribution in [1.82, 2.24) is 10.6 Å². The molecule has 2 atom stereocenters. The number of hydrogen-bond donors (Lipinski definition) is 2. The maximum Gasteiger partial charge on any atom is 0.191 e. The first-order chi connectivity index (χ1) is 15.2. The molecule has 0 spiro atoms. The highest BCUT2D eigenvalue weighted by molar-refractivity contribution is 5.79. The molecule has 1 heterocycles. The standard InChI is InChI=1S/C26H37N3O2/c1-4-15-30-19-24-9-6-5-8-22(24)17-28-26(27-3)29-18-23-10-7-16-31-25(23)21-13-11-20(2)12-14-21/h5-6,8-9,11-14,23,25H,4,7,10,15-19H2,1-3H3,(H2,27,28,29). The lowest BCUT2D eigenvalue weighted by atomic mass is 9.89. The van der Waals surface area contributed by atoms with Crippen molar-refractivity contribution in [1.29, 1.82) is 0 Å². The van der Waals surface area contributed by atoms with Crippen LogP contribution in [0.5, 0.6) is 0 Å². The third-order valence-corrected chi connectivity index (χ3v) is 5.78. The minimum atomic E-state index is 0.136. The molecule has 2 aromatic carbocycles. The van der Waals surface area contributed by atoms with Gasteiger partial charge in [0.1, 0.15) is 0 Å². The van der Waals surface area contributed by atoms with Crippen LogP contribution in [0.25, 0.3) is 0 Å². The Labute approximate surface area is 187 Å². The van der Waals surface area contributed by atoms with E-state index in [1.54, 1.807) is 0 Å². The number of aliphatic imine (C=N–C) groups is 1. The quantitative estimate of drug-likeness (QED) is 0.347. The Bertz CT molecular complexity index is 820. The molecule has 2 aromatic rings. The Kier molecular flexibility index (Phi) is 9.38. The van der Waals surface area contributed by atoms with Gasteiger partial charge in [0.05, 0.1) is 12.7 Å². The third-order valence-electron chi connectivity index (χ3n) is 5.78. The molecule has 0 bridgehead atoms. The number of aryl methyl sites for hydroxylation is 1. The lowest BCUT2D eigenvalue weighted by molar-refractivity contribution is -0.0265. The summed E-state index contributed by atoms with van der Waals surface area (Å²) < 4.78 is 11.9. The second-order valence-electron chi connectivity index (χ2n) is 8.23. The molecule has 2 N–H and O–H groups in total. The van der Waals surface area contributed by atoms with Gasteiger partial charge in [0.2, 0.25) is 0 Å². The van der Waals surface area contributed by atoms with Crippen molar-refractivity contribution >= 4 is 5.96 Å². The van der Waals surface area contributed by atoms with Crippen molar-refractivity contribution in [2.75, 3.05) is 26.8 Å². The van der Waals surface area contributed by atoms with Crippen molar-refractivity contribution in [2.45, 2.75) is 52.4 Å². The highest BCUT2D eigenvalue weighted by Gasteiger charge is 2.27. The van der Waals surface area contributed by atoms with Crippen LogP contribution < -0.4 is 10.6 Å². The molecule has 1 aliphatic rings. The van der Waals surface area contributed by atoms with Crippen molar-refractivity contribution in [3.05, 3.63) is 70.8 Å². The van der Waals surface area contributed by atoms with Gasteiger partial charge in [-0.05, 0) is 42.9 Å². The number of benzene rings is 2. The van der Waals surface area contributed by atoms with Gasteiger partial charge in [-0.15, -0.1) is 0 Å². The van der Waals surface area contributed by atoms with Crippen LogP contribution in [0.3, 0.4) is 0 Å². The molecule has 1 aliphatic heterocycles. The van der Waals surface area contributed by atoms with E-state index in [1.807, 2.05) is 7.05 Å². The zero-order valence-corrected chi connectivity index (χ0v) is 19.2. The van der Waals surface area contributed by atoms with Crippen molar-refractivity contribution in [2.24, 2.45) is 10.9 Å². The molecular weight excluding hydrogens is 386 g/mol. The minimum Gasteiger partial charge on any atom is -0.377 e. The monoisotopic (exact) mass is 423 g/mol. The molecule has 2 unspecified atom stereocenters. The molecule has 168 valence electrons. The van der Waals surface area contributed by atoms with Gasteiger partial charge in [0.15, 0.2) is 5.96 Å². The van der Waals surface area contributed by atoms with E-state index >= 15 is 0 Å². The summed E-state index contributed by atoms with van der Waals surface area (Å²) >= 11 is 0. The van der Waals surface area contributed by atoms with E-state index in [0.29, 0.717) is 19.1 Å². The molecule has 1 saturated heterocycles. The highest BCUT2D eigenvalue weighted by atomic mass is 16.5. The third kappa shape index (κ3) is 7.08. The van der Waals surface area contributed by atoms with Gasteiger partial charge >= 0.3 is 0 Å². The van der Waals surface area contributed by atoms with Gasteiger partial charge < -0.3 is 20.1 Å². The molecule has 0 aliphatic carbocycles. The van der Waals surface area contributed by atoms with E-state index in [9.17, 15) is 0 Å².